The maximum absolute atomic E-state index is 10.3. The highest BCUT2D eigenvalue weighted by Gasteiger charge is 2.38. The van der Waals surface area contributed by atoms with Gasteiger partial charge in [0.05, 0.1) is 6.10 Å². The molecule has 0 aliphatic rings. The Bertz CT molecular complexity index is 488. The molecule has 0 aliphatic carbocycles. The van der Waals surface area contributed by atoms with Gasteiger partial charge in [-0.3, -0.25) is 0 Å². The third kappa shape index (κ3) is 7.02. The van der Waals surface area contributed by atoms with Crippen LogP contribution in [0.5, 0.6) is 0 Å². The minimum absolute atomic E-state index is 0.0791. The standard InChI is InChI=1S/C20H34O2Si/c1-16(13-18-11-9-8-10-12-18)14-19(21)15-17(2)22-23(6,7)20(3,4)5/h8-12,17,19,21H,1,13-15H2,2-7H3/t17-,19-/m0/s1. The zero-order chi connectivity index (χ0) is 17.7. The molecule has 2 atom stereocenters. The fraction of sp³-hybridized carbons (Fsp3) is 0.600. The molecule has 0 aromatic heterocycles. The van der Waals surface area contributed by atoms with Crippen LogP contribution >= 0.6 is 0 Å². The molecule has 0 aliphatic heterocycles. The van der Waals surface area contributed by atoms with Crippen molar-refractivity contribution in [2.75, 3.05) is 0 Å². The van der Waals surface area contributed by atoms with Gasteiger partial charge in [-0.05, 0) is 49.9 Å². The molecule has 3 heteroatoms. The molecule has 2 nitrogen and oxygen atoms in total. The first-order valence-corrected chi connectivity index (χ1v) is 11.5. The van der Waals surface area contributed by atoms with Gasteiger partial charge in [-0.2, -0.15) is 0 Å². The topological polar surface area (TPSA) is 29.5 Å². The monoisotopic (exact) mass is 334 g/mol. The number of benzene rings is 1. The third-order valence-corrected chi connectivity index (χ3v) is 9.33. The van der Waals surface area contributed by atoms with Crippen LogP contribution in [0.1, 0.15) is 46.1 Å². The fourth-order valence-corrected chi connectivity index (χ4v) is 3.94. The van der Waals surface area contributed by atoms with Crippen molar-refractivity contribution in [3.8, 4) is 0 Å². The lowest BCUT2D eigenvalue weighted by Gasteiger charge is -2.38. The molecule has 1 aromatic rings. The van der Waals surface area contributed by atoms with Crippen molar-refractivity contribution in [3.63, 3.8) is 0 Å². The molecule has 1 aromatic carbocycles. The van der Waals surface area contributed by atoms with E-state index >= 15 is 0 Å². The molecule has 0 amide bonds. The van der Waals surface area contributed by atoms with Crippen LogP contribution in [-0.4, -0.2) is 25.6 Å². The lowest BCUT2D eigenvalue weighted by atomic mass is 9.99. The summed E-state index contributed by atoms with van der Waals surface area (Å²) in [5, 5.41) is 10.5. The Morgan fingerprint density at radius 2 is 1.78 bits per heavy atom. The quantitative estimate of drug-likeness (QED) is 0.514. The summed E-state index contributed by atoms with van der Waals surface area (Å²) in [6.45, 7) is 17.4. The van der Waals surface area contributed by atoms with Gasteiger partial charge in [0.1, 0.15) is 0 Å². The third-order valence-electron chi connectivity index (χ3n) is 4.73. The molecule has 0 spiro atoms. The Morgan fingerprint density at radius 1 is 1.22 bits per heavy atom. The first-order chi connectivity index (χ1) is 10.5. The summed E-state index contributed by atoms with van der Waals surface area (Å²) >= 11 is 0. The van der Waals surface area contributed by atoms with Crippen molar-refractivity contribution in [3.05, 3.63) is 48.0 Å². The molecule has 130 valence electrons. The molecule has 0 fully saturated rings. The molecule has 23 heavy (non-hydrogen) atoms. The van der Waals surface area contributed by atoms with Crippen LogP contribution in [0.25, 0.3) is 0 Å². The van der Waals surface area contributed by atoms with Gasteiger partial charge < -0.3 is 9.53 Å². The maximum atomic E-state index is 10.3. The van der Waals surface area contributed by atoms with Gasteiger partial charge in [0.15, 0.2) is 8.32 Å². The van der Waals surface area contributed by atoms with Crippen LogP contribution in [0.4, 0.5) is 0 Å². The lowest BCUT2D eigenvalue weighted by molar-refractivity contribution is 0.0954. The Hall–Kier alpha value is -0.903. The predicted molar refractivity (Wildman–Crippen MR) is 102 cm³/mol. The molecule has 0 unspecified atom stereocenters. The molecular formula is C20H34O2Si. The van der Waals surface area contributed by atoms with Gasteiger partial charge in [0.2, 0.25) is 0 Å². The summed E-state index contributed by atoms with van der Waals surface area (Å²) in [6, 6.07) is 10.3. The fourth-order valence-electron chi connectivity index (χ4n) is 2.48. The van der Waals surface area contributed by atoms with Crippen molar-refractivity contribution in [1.29, 1.82) is 0 Å². The highest BCUT2D eigenvalue weighted by Crippen LogP contribution is 2.37. The second-order valence-electron chi connectivity index (χ2n) is 8.19. The normalized spacial score (nSPS) is 15.3. The first-order valence-electron chi connectivity index (χ1n) is 8.58. The Labute approximate surface area is 143 Å². The molecular weight excluding hydrogens is 300 g/mol. The second kappa shape index (κ2) is 8.27. The number of hydrogen-bond donors (Lipinski definition) is 1. The van der Waals surface area contributed by atoms with Crippen LogP contribution in [0, 0.1) is 0 Å². The number of aliphatic hydroxyl groups is 1. The Kier molecular flexibility index (Phi) is 7.24. The van der Waals surface area contributed by atoms with Crippen molar-refractivity contribution in [2.45, 2.75) is 77.3 Å². The Balaban J connectivity index is 2.43. The van der Waals surface area contributed by atoms with E-state index in [1.165, 1.54) is 5.56 Å². The van der Waals surface area contributed by atoms with Crippen molar-refractivity contribution in [1.82, 2.24) is 0 Å². The summed E-state index contributed by atoms with van der Waals surface area (Å²) in [4.78, 5) is 0. The van der Waals surface area contributed by atoms with Crippen molar-refractivity contribution in [2.24, 2.45) is 0 Å². The molecule has 0 radical (unpaired) electrons. The average Bonchev–Trinajstić information content (AvgIpc) is 2.36. The minimum Gasteiger partial charge on any atom is -0.414 e. The second-order valence-corrected chi connectivity index (χ2v) is 13.0. The zero-order valence-electron chi connectivity index (χ0n) is 15.7. The van der Waals surface area contributed by atoms with E-state index in [2.05, 4.69) is 59.5 Å². The van der Waals surface area contributed by atoms with E-state index in [-0.39, 0.29) is 17.2 Å². The van der Waals surface area contributed by atoms with Gasteiger partial charge in [0, 0.05) is 6.10 Å². The van der Waals surface area contributed by atoms with Gasteiger partial charge in [0.25, 0.3) is 0 Å². The van der Waals surface area contributed by atoms with Crippen LogP contribution in [-0.2, 0) is 10.8 Å². The molecule has 1 rings (SSSR count). The highest BCUT2D eigenvalue weighted by molar-refractivity contribution is 6.74. The number of rotatable bonds is 8. The summed E-state index contributed by atoms with van der Waals surface area (Å²) in [5.74, 6) is 0. The van der Waals surface area contributed by atoms with Crippen LogP contribution in [0.2, 0.25) is 18.1 Å². The average molecular weight is 335 g/mol. The molecule has 0 heterocycles. The van der Waals surface area contributed by atoms with Gasteiger partial charge >= 0.3 is 0 Å². The van der Waals surface area contributed by atoms with E-state index in [9.17, 15) is 5.11 Å². The van der Waals surface area contributed by atoms with Crippen LogP contribution in [0.3, 0.4) is 0 Å². The number of aliphatic hydroxyl groups excluding tert-OH is 1. The zero-order valence-corrected chi connectivity index (χ0v) is 16.7. The summed E-state index contributed by atoms with van der Waals surface area (Å²) in [6.07, 6.45) is 1.83. The highest BCUT2D eigenvalue weighted by atomic mass is 28.4. The van der Waals surface area contributed by atoms with E-state index in [1.54, 1.807) is 0 Å². The molecule has 1 N–H and O–H groups in total. The number of hydrogen-bond acceptors (Lipinski definition) is 2. The summed E-state index contributed by atoms with van der Waals surface area (Å²) < 4.78 is 6.32. The minimum atomic E-state index is -1.77. The largest absolute Gasteiger partial charge is 0.414 e. The van der Waals surface area contributed by atoms with Gasteiger partial charge in [-0.1, -0.05) is 63.3 Å². The Morgan fingerprint density at radius 3 is 2.30 bits per heavy atom. The van der Waals surface area contributed by atoms with Crippen molar-refractivity contribution >= 4 is 8.32 Å². The van der Waals surface area contributed by atoms with Crippen LogP contribution in [0.15, 0.2) is 42.5 Å². The van der Waals surface area contributed by atoms with Gasteiger partial charge in [-0.15, -0.1) is 0 Å². The SMILES string of the molecule is C=C(Cc1ccccc1)C[C@H](O)C[C@H](C)O[Si](C)(C)C(C)(C)C. The maximum Gasteiger partial charge on any atom is 0.192 e. The lowest BCUT2D eigenvalue weighted by Crippen LogP contribution is -2.43. The predicted octanol–water partition coefficient (Wildman–Crippen LogP) is 5.34. The molecule has 0 saturated heterocycles. The first kappa shape index (κ1) is 20.1. The van der Waals surface area contributed by atoms with E-state index in [1.807, 2.05) is 18.2 Å². The van der Waals surface area contributed by atoms with E-state index < -0.39 is 8.32 Å². The summed E-state index contributed by atoms with van der Waals surface area (Å²) in [7, 11) is -1.77. The molecule has 0 bridgehead atoms. The summed E-state index contributed by atoms with van der Waals surface area (Å²) in [5.41, 5.74) is 2.32. The van der Waals surface area contributed by atoms with E-state index in [4.69, 9.17) is 4.43 Å². The smallest absolute Gasteiger partial charge is 0.192 e. The van der Waals surface area contributed by atoms with Crippen LogP contribution < -0.4 is 0 Å². The van der Waals surface area contributed by atoms with E-state index in [0.29, 0.717) is 12.8 Å². The van der Waals surface area contributed by atoms with Crippen molar-refractivity contribution < 1.29 is 9.53 Å². The van der Waals surface area contributed by atoms with Gasteiger partial charge in [-0.25, -0.2) is 0 Å². The van der Waals surface area contributed by atoms with E-state index in [0.717, 1.165) is 12.0 Å². The molecule has 0 saturated carbocycles.